The predicted octanol–water partition coefficient (Wildman–Crippen LogP) is 4.00. The number of carbonyl (C=O) groups excluding carboxylic acids is 1. The molecule has 0 aliphatic heterocycles. The van der Waals surface area contributed by atoms with Gasteiger partial charge in [-0.3, -0.25) is 4.79 Å². The third-order valence-corrected chi connectivity index (χ3v) is 4.76. The number of benzene rings is 1. The molecule has 1 aliphatic carbocycles. The second-order valence-electron chi connectivity index (χ2n) is 6.91. The molecular weight excluding hydrogens is 303 g/mol. The summed E-state index contributed by atoms with van der Waals surface area (Å²) in [7, 11) is 0. The van der Waals surface area contributed by atoms with Gasteiger partial charge in [0.2, 0.25) is 0 Å². The van der Waals surface area contributed by atoms with E-state index in [1.807, 2.05) is 31.4 Å². The van der Waals surface area contributed by atoms with E-state index in [1.165, 1.54) is 17.3 Å². The molecule has 3 rings (SSSR count). The van der Waals surface area contributed by atoms with Crippen LogP contribution < -0.4 is 5.32 Å². The highest BCUT2D eigenvalue weighted by Gasteiger charge is 2.26. The average molecular weight is 328 g/mol. The standard InChI is InChI=1S/C20H25FN2O/c1-13(2)22-20(24)19-14(3)16-9-5-7-11-18(16)23(19)12-15-8-4-6-10-17(15)21/h4,6,8,10,13H,5,7,9,11-12H2,1-3H3,(H,22,24). The van der Waals surface area contributed by atoms with Crippen LogP contribution in [0.5, 0.6) is 0 Å². The quantitative estimate of drug-likeness (QED) is 0.904. The molecule has 0 unspecified atom stereocenters. The molecule has 4 heteroatoms. The molecule has 1 N–H and O–H groups in total. The van der Waals surface area contributed by atoms with Crippen molar-refractivity contribution in [1.29, 1.82) is 0 Å². The van der Waals surface area contributed by atoms with Gasteiger partial charge < -0.3 is 9.88 Å². The number of carbonyl (C=O) groups is 1. The second kappa shape index (κ2) is 6.80. The van der Waals surface area contributed by atoms with Crippen molar-refractivity contribution >= 4 is 5.91 Å². The van der Waals surface area contributed by atoms with Gasteiger partial charge in [-0.2, -0.15) is 0 Å². The predicted molar refractivity (Wildman–Crippen MR) is 93.9 cm³/mol. The summed E-state index contributed by atoms with van der Waals surface area (Å²) >= 11 is 0. The first kappa shape index (κ1) is 16.7. The van der Waals surface area contributed by atoms with Crippen molar-refractivity contribution in [1.82, 2.24) is 9.88 Å². The van der Waals surface area contributed by atoms with Crippen molar-refractivity contribution in [3.63, 3.8) is 0 Å². The molecular formula is C20H25FN2O. The van der Waals surface area contributed by atoms with Gasteiger partial charge in [0.1, 0.15) is 11.5 Å². The molecule has 1 aromatic heterocycles. The lowest BCUT2D eigenvalue weighted by Gasteiger charge is -2.18. The number of hydrogen-bond acceptors (Lipinski definition) is 1. The van der Waals surface area contributed by atoms with Gasteiger partial charge in [0.15, 0.2) is 0 Å². The van der Waals surface area contributed by atoms with Crippen molar-refractivity contribution in [3.8, 4) is 0 Å². The second-order valence-corrected chi connectivity index (χ2v) is 6.91. The zero-order chi connectivity index (χ0) is 17.3. The summed E-state index contributed by atoms with van der Waals surface area (Å²) in [6.07, 6.45) is 4.24. The van der Waals surface area contributed by atoms with Crippen LogP contribution in [0.25, 0.3) is 0 Å². The Kier molecular flexibility index (Phi) is 4.74. The maximum absolute atomic E-state index is 14.1. The van der Waals surface area contributed by atoms with Gasteiger partial charge in [-0.05, 0) is 63.6 Å². The smallest absolute Gasteiger partial charge is 0.268 e. The average Bonchev–Trinajstić information content (AvgIpc) is 2.82. The number of fused-ring (bicyclic) bond motifs is 1. The topological polar surface area (TPSA) is 34.0 Å². The third kappa shape index (κ3) is 3.10. The molecule has 0 bridgehead atoms. The van der Waals surface area contributed by atoms with E-state index in [0.29, 0.717) is 17.8 Å². The van der Waals surface area contributed by atoms with Crippen LogP contribution in [0, 0.1) is 12.7 Å². The fourth-order valence-electron chi connectivity index (χ4n) is 3.67. The molecule has 3 nitrogen and oxygen atoms in total. The highest BCUT2D eigenvalue weighted by molar-refractivity contribution is 5.95. The molecule has 0 spiro atoms. The molecule has 2 aromatic rings. The molecule has 0 saturated heterocycles. The van der Waals surface area contributed by atoms with Crippen LogP contribution in [0.2, 0.25) is 0 Å². The molecule has 128 valence electrons. The molecule has 1 heterocycles. The monoisotopic (exact) mass is 328 g/mol. The van der Waals surface area contributed by atoms with Crippen LogP contribution in [0.3, 0.4) is 0 Å². The fourth-order valence-corrected chi connectivity index (χ4v) is 3.67. The molecule has 0 atom stereocenters. The third-order valence-electron chi connectivity index (χ3n) is 4.76. The number of nitrogens with zero attached hydrogens (tertiary/aromatic N) is 1. The normalized spacial score (nSPS) is 13.9. The Morgan fingerprint density at radius 3 is 2.67 bits per heavy atom. The summed E-state index contributed by atoms with van der Waals surface area (Å²) in [6, 6.07) is 6.89. The number of hydrogen-bond donors (Lipinski definition) is 1. The van der Waals surface area contributed by atoms with Crippen molar-refractivity contribution in [2.45, 2.75) is 59.0 Å². The Labute approximate surface area is 142 Å². The molecule has 0 fully saturated rings. The largest absolute Gasteiger partial charge is 0.349 e. The lowest BCUT2D eigenvalue weighted by atomic mass is 9.95. The van der Waals surface area contributed by atoms with Crippen molar-refractivity contribution in [2.24, 2.45) is 0 Å². The summed E-state index contributed by atoms with van der Waals surface area (Å²) in [6.45, 7) is 6.34. The van der Waals surface area contributed by atoms with Crippen LogP contribution in [0.4, 0.5) is 4.39 Å². The van der Waals surface area contributed by atoms with Gasteiger partial charge in [0.25, 0.3) is 5.91 Å². The van der Waals surface area contributed by atoms with E-state index in [9.17, 15) is 9.18 Å². The minimum atomic E-state index is -0.219. The van der Waals surface area contributed by atoms with Crippen molar-refractivity contribution in [3.05, 3.63) is 58.2 Å². The van der Waals surface area contributed by atoms with E-state index in [4.69, 9.17) is 0 Å². The molecule has 1 amide bonds. The van der Waals surface area contributed by atoms with E-state index < -0.39 is 0 Å². The number of halogens is 1. The summed E-state index contributed by atoms with van der Waals surface area (Å²) in [5.74, 6) is -0.281. The highest BCUT2D eigenvalue weighted by Crippen LogP contribution is 2.30. The SMILES string of the molecule is Cc1c2c(n(Cc3ccccc3F)c1C(=O)NC(C)C)CCCC2. The Hall–Kier alpha value is -2.10. The zero-order valence-corrected chi connectivity index (χ0v) is 14.7. The zero-order valence-electron chi connectivity index (χ0n) is 14.7. The lowest BCUT2D eigenvalue weighted by Crippen LogP contribution is -2.32. The molecule has 24 heavy (non-hydrogen) atoms. The summed E-state index contributed by atoms with van der Waals surface area (Å²) in [5, 5.41) is 3.00. The molecule has 0 saturated carbocycles. The number of aromatic nitrogens is 1. The van der Waals surface area contributed by atoms with Crippen molar-refractivity contribution < 1.29 is 9.18 Å². The Bertz CT molecular complexity index is 761. The van der Waals surface area contributed by atoms with Gasteiger partial charge in [-0.25, -0.2) is 4.39 Å². The fraction of sp³-hybridized carbons (Fsp3) is 0.450. The van der Waals surface area contributed by atoms with Gasteiger partial charge >= 0.3 is 0 Å². The molecule has 1 aromatic carbocycles. The van der Waals surface area contributed by atoms with E-state index in [0.717, 1.165) is 31.2 Å². The van der Waals surface area contributed by atoms with Crippen LogP contribution in [-0.4, -0.2) is 16.5 Å². The summed E-state index contributed by atoms with van der Waals surface area (Å²) < 4.78 is 16.2. The summed E-state index contributed by atoms with van der Waals surface area (Å²) in [5.41, 5.74) is 4.86. The van der Waals surface area contributed by atoms with E-state index in [2.05, 4.69) is 5.32 Å². The van der Waals surface area contributed by atoms with Crippen LogP contribution in [0.1, 0.15) is 59.6 Å². The van der Waals surface area contributed by atoms with Gasteiger partial charge in [0, 0.05) is 17.3 Å². The van der Waals surface area contributed by atoms with Crippen LogP contribution >= 0.6 is 0 Å². The maximum Gasteiger partial charge on any atom is 0.268 e. The van der Waals surface area contributed by atoms with E-state index in [-0.39, 0.29) is 17.8 Å². The van der Waals surface area contributed by atoms with Crippen LogP contribution in [-0.2, 0) is 19.4 Å². The van der Waals surface area contributed by atoms with E-state index >= 15 is 0 Å². The van der Waals surface area contributed by atoms with E-state index in [1.54, 1.807) is 12.1 Å². The minimum absolute atomic E-state index is 0.0618. The Balaban J connectivity index is 2.08. The Morgan fingerprint density at radius 2 is 1.96 bits per heavy atom. The molecule has 1 aliphatic rings. The lowest BCUT2D eigenvalue weighted by molar-refractivity contribution is 0.0933. The molecule has 0 radical (unpaired) electrons. The van der Waals surface area contributed by atoms with Crippen LogP contribution in [0.15, 0.2) is 24.3 Å². The van der Waals surface area contributed by atoms with Gasteiger partial charge in [-0.1, -0.05) is 18.2 Å². The first-order valence-corrected chi connectivity index (χ1v) is 8.74. The first-order chi connectivity index (χ1) is 11.5. The highest BCUT2D eigenvalue weighted by atomic mass is 19.1. The maximum atomic E-state index is 14.1. The number of nitrogens with one attached hydrogen (secondary N) is 1. The van der Waals surface area contributed by atoms with Crippen molar-refractivity contribution in [2.75, 3.05) is 0 Å². The number of rotatable bonds is 4. The minimum Gasteiger partial charge on any atom is -0.349 e. The summed E-state index contributed by atoms with van der Waals surface area (Å²) in [4.78, 5) is 12.8. The first-order valence-electron chi connectivity index (χ1n) is 8.74. The Morgan fingerprint density at radius 1 is 1.25 bits per heavy atom. The van der Waals surface area contributed by atoms with Gasteiger partial charge in [-0.15, -0.1) is 0 Å². The van der Waals surface area contributed by atoms with Gasteiger partial charge in [0.05, 0.1) is 6.54 Å². The number of amides is 1.